The average molecular weight is 416 g/mol. The lowest BCUT2D eigenvalue weighted by Crippen LogP contribution is -2.28. The number of amides is 1. The molecule has 1 aliphatic carbocycles. The Labute approximate surface area is 177 Å². The fourth-order valence-electron chi connectivity index (χ4n) is 3.61. The lowest BCUT2D eigenvalue weighted by molar-refractivity contribution is -0.116. The van der Waals surface area contributed by atoms with Crippen molar-refractivity contribution in [2.24, 2.45) is 0 Å². The van der Waals surface area contributed by atoms with Gasteiger partial charge in [-0.3, -0.25) is 14.2 Å². The van der Waals surface area contributed by atoms with Gasteiger partial charge in [0.2, 0.25) is 5.91 Å². The Morgan fingerprint density at radius 3 is 2.77 bits per heavy atom. The smallest absolute Gasteiger partial charge is 0.258 e. The number of pyridine rings is 1. The zero-order chi connectivity index (χ0) is 21.4. The zero-order valence-electron chi connectivity index (χ0n) is 16.9. The van der Waals surface area contributed by atoms with Gasteiger partial charge < -0.3 is 14.6 Å². The Hall–Kier alpha value is -3.94. The molecule has 31 heavy (non-hydrogen) atoms. The van der Waals surface area contributed by atoms with Crippen molar-refractivity contribution in [1.82, 2.24) is 14.7 Å². The molecule has 5 rings (SSSR count). The van der Waals surface area contributed by atoms with Gasteiger partial charge in [0.15, 0.2) is 5.82 Å². The van der Waals surface area contributed by atoms with Crippen molar-refractivity contribution in [1.29, 1.82) is 0 Å². The molecule has 0 spiro atoms. The molecule has 2 heterocycles. The highest BCUT2D eigenvalue weighted by Gasteiger charge is 2.29. The largest absolute Gasteiger partial charge is 0.495 e. The number of methoxy groups -OCH3 is 1. The molecule has 0 bridgehead atoms. The van der Waals surface area contributed by atoms with Crippen molar-refractivity contribution in [2.75, 3.05) is 12.4 Å². The SMILES string of the molecule is COc1ccccc1NC(=O)Cn1c(=O)cc(-c2nc(C3CC3)no2)c2ccccc21. The third kappa shape index (κ3) is 3.68. The van der Waals surface area contributed by atoms with Gasteiger partial charge in [0.1, 0.15) is 12.3 Å². The highest BCUT2D eigenvalue weighted by atomic mass is 16.5. The molecule has 1 saturated carbocycles. The topological polar surface area (TPSA) is 99.2 Å². The number of nitrogens with zero attached hydrogens (tertiary/aromatic N) is 3. The predicted molar refractivity (Wildman–Crippen MR) is 115 cm³/mol. The van der Waals surface area contributed by atoms with Crippen LogP contribution >= 0.6 is 0 Å². The lowest BCUT2D eigenvalue weighted by Gasteiger charge is -2.13. The first-order chi connectivity index (χ1) is 15.1. The van der Waals surface area contributed by atoms with E-state index in [0.29, 0.717) is 40.2 Å². The quantitative estimate of drug-likeness (QED) is 0.516. The summed E-state index contributed by atoms with van der Waals surface area (Å²) in [5.74, 6) is 1.56. The molecule has 156 valence electrons. The minimum Gasteiger partial charge on any atom is -0.495 e. The van der Waals surface area contributed by atoms with Crippen molar-refractivity contribution < 1.29 is 14.1 Å². The van der Waals surface area contributed by atoms with Gasteiger partial charge >= 0.3 is 0 Å². The van der Waals surface area contributed by atoms with Crippen molar-refractivity contribution in [3.8, 4) is 17.2 Å². The van der Waals surface area contributed by atoms with Gasteiger partial charge in [-0.15, -0.1) is 0 Å². The molecule has 1 amide bonds. The molecule has 0 aliphatic heterocycles. The Morgan fingerprint density at radius 2 is 1.97 bits per heavy atom. The number of carbonyl (C=O) groups is 1. The number of hydrogen-bond donors (Lipinski definition) is 1. The summed E-state index contributed by atoms with van der Waals surface area (Å²) in [6.07, 6.45) is 2.12. The Bertz CT molecular complexity index is 1340. The fraction of sp³-hybridized carbons (Fsp3) is 0.217. The minimum absolute atomic E-state index is 0.144. The number of hydrogen-bond acceptors (Lipinski definition) is 6. The van der Waals surface area contributed by atoms with E-state index in [0.717, 1.165) is 18.2 Å². The summed E-state index contributed by atoms with van der Waals surface area (Å²) in [7, 11) is 1.54. The second-order valence-electron chi connectivity index (χ2n) is 7.48. The van der Waals surface area contributed by atoms with Crippen LogP contribution in [0.5, 0.6) is 5.75 Å². The van der Waals surface area contributed by atoms with E-state index in [1.807, 2.05) is 24.3 Å². The minimum atomic E-state index is -0.335. The van der Waals surface area contributed by atoms with Gasteiger partial charge in [0.05, 0.1) is 23.9 Å². The number of carbonyl (C=O) groups excluding carboxylic acids is 1. The molecule has 0 unspecified atom stereocenters. The fourth-order valence-corrected chi connectivity index (χ4v) is 3.61. The first-order valence-electron chi connectivity index (χ1n) is 10.0. The standard InChI is InChI=1S/C23H20N4O4/c1-30-19-9-5-3-7-17(19)24-20(28)13-27-18-8-4-2-6-15(18)16(12-21(27)29)23-25-22(26-31-23)14-10-11-14/h2-9,12,14H,10-11,13H2,1H3,(H,24,28). The zero-order valence-corrected chi connectivity index (χ0v) is 16.9. The summed E-state index contributed by atoms with van der Waals surface area (Å²) in [6, 6.07) is 15.9. The highest BCUT2D eigenvalue weighted by molar-refractivity contribution is 5.95. The summed E-state index contributed by atoms with van der Waals surface area (Å²) in [5.41, 5.74) is 1.41. The molecule has 0 radical (unpaired) electrons. The normalized spacial score (nSPS) is 13.3. The van der Waals surface area contributed by atoms with E-state index in [2.05, 4.69) is 15.5 Å². The maximum atomic E-state index is 13.0. The molecule has 4 aromatic rings. The molecule has 0 atom stereocenters. The Balaban J connectivity index is 1.50. The highest BCUT2D eigenvalue weighted by Crippen LogP contribution is 2.39. The van der Waals surface area contributed by atoms with E-state index in [9.17, 15) is 9.59 Å². The van der Waals surface area contributed by atoms with E-state index in [1.165, 1.54) is 17.7 Å². The molecule has 0 saturated heterocycles. The van der Waals surface area contributed by atoms with E-state index in [4.69, 9.17) is 9.26 Å². The number of rotatable bonds is 6. The first kappa shape index (κ1) is 19.0. The van der Waals surface area contributed by atoms with Gasteiger partial charge in [0, 0.05) is 17.4 Å². The van der Waals surface area contributed by atoms with Crippen LogP contribution in [-0.2, 0) is 11.3 Å². The van der Waals surface area contributed by atoms with Gasteiger partial charge in [-0.05, 0) is 31.0 Å². The second kappa shape index (κ2) is 7.71. The summed E-state index contributed by atoms with van der Waals surface area (Å²) >= 11 is 0. The van der Waals surface area contributed by atoms with Crippen LogP contribution in [0.15, 0.2) is 63.9 Å². The van der Waals surface area contributed by atoms with Crippen molar-refractivity contribution in [2.45, 2.75) is 25.3 Å². The van der Waals surface area contributed by atoms with Crippen LogP contribution in [0.25, 0.3) is 22.4 Å². The molecule has 1 aliphatic rings. The van der Waals surface area contributed by atoms with Gasteiger partial charge in [-0.25, -0.2) is 0 Å². The molecular weight excluding hydrogens is 396 g/mol. The van der Waals surface area contributed by atoms with Gasteiger partial charge in [0.25, 0.3) is 11.4 Å². The van der Waals surface area contributed by atoms with Gasteiger partial charge in [-0.1, -0.05) is 35.5 Å². The third-order valence-electron chi connectivity index (χ3n) is 5.32. The van der Waals surface area contributed by atoms with Crippen LogP contribution in [0, 0.1) is 0 Å². The lowest BCUT2D eigenvalue weighted by atomic mass is 10.1. The van der Waals surface area contributed by atoms with E-state index >= 15 is 0 Å². The maximum Gasteiger partial charge on any atom is 0.258 e. The number of aromatic nitrogens is 3. The average Bonchev–Trinajstić information content (AvgIpc) is 3.52. The second-order valence-corrected chi connectivity index (χ2v) is 7.48. The van der Waals surface area contributed by atoms with E-state index in [-0.39, 0.29) is 18.0 Å². The number of ether oxygens (including phenoxy) is 1. The summed E-state index contributed by atoms with van der Waals surface area (Å²) in [4.78, 5) is 30.2. The summed E-state index contributed by atoms with van der Waals surface area (Å²) in [5, 5.41) is 7.62. The number of para-hydroxylation sites is 3. The molecule has 1 fully saturated rings. The third-order valence-corrected chi connectivity index (χ3v) is 5.32. The molecule has 8 heteroatoms. The van der Waals surface area contributed by atoms with Crippen LogP contribution in [0.4, 0.5) is 5.69 Å². The van der Waals surface area contributed by atoms with Crippen molar-refractivity contribution in [3.63, 3.8) is 0 Å². The van der Waals surface area contributed by atoms with Crippen molar-refractivity contribution >= 4 is 22.5 Å². The molecule has 2 aromatic heterocycles. The van der Waals surface area contributed by atoms with E-state index in [1.54, 1.807) is 24.3 Å². The Kier molecular flexibility index (Phi) is 4.74. The van der Waals surface area contributed by atoms with Gasteiger partial charge in [-0.2, -0.15) is 4.98 Å². The van der Waals surface area contributed by atoms with Crippen LogP contribution in [-0.4, -0.2) is 27.7 Å². The Morgan fingerprint density at radius 1 is 1.19 bits per heavy atom. The van der Waals surface area contributed by atoms with Crippen LogP contribution in [0.3, 0.4) is 0 Å². The first-order valence-corrected chi connectivity index (χ1v) is 10.0. The van der Waals surface area contributed by atoms with Crippen LogP contribution in [0.1, 0.15) is 24.6 Å². The predicted octanol–water partition coefficient (Wildman–Crippen LogP) is 3.58. The number of benzene rings is 2. The molecular formula is C23H20N4O4. The molecule has 8 nitrogen and oxygen atoms in total. The molecule has 2 aromatic carbocycles. The number of nitrogens with one attached hydrogen (secondary N) is 1. The van der Waals surface area contributed by atoms with Crippen LogP contribution < -0.4 is 15.6 Å². The number of anilines is 1. The summed E-state index contributed by atoms with van der Waals surface area (Å²) in [6.45, 7) is -0.144. The van der Waals surface area contributed by atoms with E-state index < -0.39 is 0 Å². The maximum absolute atomic E-state index is 13.0. The van der Waals surface area contributed by atoms with Crippen molar-refractivity contribution in [3.05, 3.63) is 70.8 Å². The summed E-state index contributed by atoms with van der Waals surface area (Å²) < 4.78 is 12.1. The van der Waals surface area contributed by atoms with Crippen LogP contribution in [0.2, 0.25) is 0 Å². The monoisotopic (exact) mass is 416 g/mol. The number of fused-ring (bicyclic) bond motifs is 1. The molecule has 1 N–H and O–H groups in total.